The maximum absolute atomic E-state index is 4.75. The van der Waals surface area contributed by atoms with Crippen LogP contribution in [-0.2, 0) is 6.42 Å². The first-order chi connectivity index (χ1) is 7.99. The minimum Gasteiger partial charge on any atom is -0.367 e. The van der Waals surface area contributed by atoms with Crippen molar-refractivity contribution in [3.63, 3.8) is 0 Å². The molecule has 1 aliphatic rings. The molecular formula is C13H22BrN3. The van der Waals surface area contributed by atoms with Crippen molar-refractivity contribution in [1.82, 2.24) is 9.78 Å². The number of hydrogen-bond donors (Lipinski definition) is 1. The van der Waals surface area contributed by atoms with Crippen LogP contribution in [0.25, 0.3) is 0 Å². The summed E-state index contributed by atoms with van der Waals surface area (Å²) in [5, 5.41) is 8.27. The Balaban J connectivity index is 2.23. The third-order valence-electron chi connectivity index (χ3n) is 3.37. The van der Waals surface area contributed by atoms with E-state index in [1.807, 2.05) is 0 Å². The van der Waals surface area contributed by atoms with Crippen LogP contribution in [0.1, 0.15) is 52.3 Å². The molecule has 1 aromatic heterocycles. The van der Waals surface area contributed by atoms with Gasteiger partial charge >= 0.3 is 0 Å². The van der Waals surface area contributed by atoms with E-state index in [9.17, 15) is 0 Å². The number of fused-ring (bicyclic) bond motifs is 1. The zero-order valence-corrected chi connectivity index (χ0v) is 12.7. The van der Waals surface area contributed by atoms with E-state index in [0.29, 0.717) is 12.1 Å². The van der Waals surface area contributed by atoms with Gasteiger partial charge in [-0.25, -0.2) is 4.68 Å². The lowest BCUT2D eigenvalue weighted by molar-refractivity contribution is 0.410. The monoisotopic (exact) mass is 299 g/mol. The first kappa shape index (κ1) is 12.9. The van der Waals surface area contributed by atoms with E-state index in [0.717, 1.165) is 29.1 Å². The Labute approximate surface area is 112 Å². The first-order valence-electron chi connectivity index (χ1n) is 6.52. The fraction of sp³-hybridized carbons (Fsp3) is 0.769. The van der Waals surface area contributed by atoms with Crippen molar-refractivity contribution >= 4 is 21.7 Å². The second kappa shape index (κ2) is 5.01. The number of nitrogens with zero attached hydrogens (tertiary/aromatic N) is 2. The molecule has 17 heavy (non-hydrogen) atoms. The molecule has 0 aromatic carbocycles. The van der Waals surface area contributed by atoms with E-state index in [-0.39, 0.29) is 0 Å². The normalized spacial score (nSPS) is 23.6. The number of aryl methyl sites for hydroxylation is 1. The van der Waals surface area contributed by atoms with Crippen LogP contribution >= 0.6 is 15.9 Å². The second-order valence-corrected chi connectivity index (χ2v) is 6.41. The maximum atomic E-state index is 4.75. The minimum atomic E-state index is 0.491. The molecule has 0 saturated heterocycles. The summed E-state index contributed by atoms with van der Waals surface area (Å²) >= 11 is 3.70. The second-order valence-electron chi connectivity index (χ2n) is 5.62. The molecule has 0 radical (unpaired) electrons. The Bertz CT molecular complexity index is 398. The Morgan fingerprint density at radius 1 is 1.47 bits per heavy atom. The fourth-order valence-electron chi connectivity index (χ4n) is 2.40. The van der Waals surface area contributed by atoms with Gasteiger partial charge in [-0.2, -0.15) is 5.10 Å². The number of nitrogens with one attached hydrogen (secondary N) is 1. The van der Waals surface area contributed by atoms with E-state index in [4.69, 9.17) is 5.10 Å². The molecule has 0 saturated carbocycles. The topological polar surface area (TPSA) is 29.9 Å². The van der Waals surface area contributed by atoms with Crippen LogP contribution in [0.2, 0.25) is 0 Å². The summed E-state index contributed by atoms with van der Waals surface area (Å²) in [4.78, 5) is 0. The molecule has 0 amide bonds. The highest BCUT2D eigenvalue weighted by atomic mass is 79.9. The van der Waals surface area contributed by atoms with Gasteiger partial charge in [0.05, 0.1) is 16.2 Å². The summed E-state index contributed by atoms with van der Waals surface area (Å²) in [5.74, 6) is 1.89. The number of halogens is 1. The number of rotatable bonds is 3. The maximum Gasteiger partial charge on any atom is 0.139 e. The van der Waals surface area contributed by atoms with Crippen LogP contribution in [0, 0.1) is 5.92 Å². The summed E-state index contributed by atoms with van der Waals surface area (Å²) in [6.45, 7) is 8.99. The van der Waals surface area contributed by atoms with Crippen LogP contribution in [-0.4, -0.2) is 15.8 Å². The van der Waals surface area contributed by atoms with Gasteiger partial charge in [0.15, 0.2) is 0 Å². The van der Waals surface area contributed by atoms with Crippen LogP contribution < -0.4 is 5.32 Å². The molecule has 4 heteroatoms. The molecule has 3 nitrogen and oxygen atoms in total. The summed E-state index contributed by atoms with van der Waals surface area (Å²) in [6, 6.07) is 1.02. The molecule has 2 rings (SSSR count). The average Bonchev–Trinajstić information content (AvgIpc) is 2.54. The Hall–Kier alpha value is -0.510. The SMILES string of the molecule is CC(C)CCc1nn2c(c1Br)NC(C)CC2C. The highest BCUT2D eigenvalue weighted by Gasteiger charge is 2.25. The molecular weight excluding hydrogens is 278 g/mol. The smallest absolute Gasteiger partial charge is 0.139 e. The van der Waals surface area contributed by atoms with Crippen LogP contribution in [0.4, 0.5) is 5.82 Å². The van der Waals surface area contributed by atoms with E-state index < -0.39 is 0 Å². The molecule has 1 aromatic rings. The predicted octanol–water partition coefficient (Wildman–Crippen LogP) is 4.00. The van der Waals surface area contributed by atoms with Gasteiger partial charge in [-0.15, -0.1) is 0 Å². The van der Waals surface area contributed by atoms with Crippen LogP contribution in [0.15, 0.2) is 4.47 Å². The van der Waals surface area contributed by atoms with Gasteiger partial charge < -0.3 is 5.32 Å². The van der Waals surface area contributed by atoms with Crippen LogP contribution in [0.3, 0.4) is 0 Å². The van der Waals surface area contributed by atoms with Gasteiger partial charge in [0.2, 0.25) is 0 Å². The van der Waals surface area contributed by atoms with Gasteiger partial charge in [-0.1, -0.05) is 13.8 Å². The lowest BCUT2D eigenvalue weighted by Crippen LogP contribution is -2.28. The summed E-state index contributed by atoms with van der Waals surface area (Å²) in [6.07, 6.45) is 3.39. The molecule has 96 valence electrons. The summed E-state index contributed by atoms with van der Waals surface area (Å²) in [5.41, 5.74) is 1.20. The molecule has 2 heterocycles. The number of aromatic nitrogens is 2. The molecule has 2 unspecified atom stereocenters. The first-order valence-corrected chi connectivity index (χ1v) is 7.31. The Morgan fingerprint density at radius 2 is 2.18 bits per heavy atom. The zero-order chi connectivity index (χ0) is 12.6. The highest BCUT2D eigenvalue weighted by Crippen LogP contribution is 2.35. The summed E-state index contributed by atoms with van der Waals surface area (Å²) in [7, 11) is 0. The van der Waals surface area contributed by atoms with Gasteiger partial charge in [0.1, 0.15) is 5.82 Å². The summed E-state index contributed by atoms with van der Waals surface area (Å²) < 4.78 is 3.30. The van der Waals surface area contributed by atoms with Crippen molar-refractivity contribution in [3.8, 4) is 0 Å². The van der Waals surface area contributed by atoms with Crippen molar-refractivity contribution in [2.75, 3.05) is 5.32 Å². The molecule has 1 N–H and O–H groups in total. The van der Waals surface area contributed by atoms with Gasteiger partial charge in [0, 0.05) is 6.04 Å². The van der Waals surface area contributed by atoms with Gasteiger partial charge in [-0.05, 0) is 55.0 Å². The average molecular weight is 300 g/mol. The molecule has 0 bridgehead atoms. The molecule has 2 atom stereocenters. The minimum absolute atomic E-state index is 0.491. The molecule has 0 spiro atoms. The van der Waals surface area contributed by atoms with Crippen molar-refractivity contribution < 1.29 is 0 Å². The molecule has 1 aliphatic heterocycles. The van der Waals surface area contributed by atoms with E-state index >= 15 is 0 Å². The van der Waals surface area contributed by atoms with E-state index in [1.165, 1.54) is 12.1 Å². The standard InChI is InChI=1S/C13H22BrN3/c1-8(2)5-6-11-12(14)13-15-9(3)7-10(4)17(13)16-11/h8-10,15H,5-7H2,1-4H3. The Morgan fingerprint density at radius 3 is 2.82 bits per heavy atom. The predicted molar refractivity (Wildman–Crippen MR) is 75.5 cm³/mol. The van der Waals surface area contributed by atoms with E-state index in [1.54, 1.807) is 0 Å². The van der Waals surface area contributed by atoms with Crippen molar-refractivity contribution in [1.29, 1.82) is 0 Å². The van der Waals surface area contributed by atoms with Crippen LogP contribution in [0.5, 0.6) is 0 Å². The van der Waals surface area contributed by atoms with Crippen molar-refractivity contribution in [2.24, 2.45) is 5.92 Å². The quantitative estimate of drug-likeness (QED) is 0.914. The van der Waals surface area contributed by atoms with Crippen molar-refractivity contribution in [2.45, 2.75) is 59.0 Å². The van der Waals surface area contributed by atoms with Crippen molar-refractivity contribution in [3.05, 3.63) is 10.2 Å². The number of anilines is 1. The molecule has 0 fully saturated rings. The largest absolute Gasteiger partial charge is 0.367 e. The third kappa shape index (κ3) is 2.67. The van der Waals surface area contributed by atoms with Gasteiger partial charge in [0.25, 0.3) is 0 Å². The number of hydrogen-bond acceptors (Lipinski definition) is 2. The highest BCUT2D eigenvalue weighted by molar-refractivity contribution is 9.10. The van der Waals surface area contributed by atoms with E-state index in [2.05, 4.69) is 53.6 Å². The fourth-order valence-corrected chi connectivity index (χ4v) is 2.97. The molecule has 0 aliphatic carbocycles. The third-order valence-corrected chi connectivity index (χ3v) is 4.21. The zero-order valence-electron chi connectivity index (χ0n) is 11.1. The lowest BCUT2D eigenvalue weighted by atomic mass is 10.1. The Kier molecular flexibility index (Phi) is 3.81. The van der Waals surface area contributed by atoms with Gasteiger partial charge in [-0.3, -0.25) is 0 Å². The lowest BCUT2D eigenvalue weighted by Gasteiger charge is -2.28.